The Kier molecular flexibility index (Phi) is 3.81. The molecule has 6 heteroatoms. The Hall–Kier alpha value is -3.15. The number of ketones is 1. The predicted octanol–water partition coefficient (Wildman–Crippen LogP) is 2.04. The first-order valence-electron chi connectivity index (χ1n) is 7.44. The molecule has 1 heterocycles. The normalized spacial score (nSPS) is 20.1. The van der Waals surface area contributed by atoms with E-state index in [9.17, 15) is 19.5 Å². The van der Waals surface area contributed by atoms with Crippen molar-refractivity contribution in [3.05, 3.63) is 65.7 Å². The summed E-state index contributed by atoms with van der Waals surface area (Å²) in [6, 6.07) is 14.1. The van der Waals surface area contributed by atoms with Crippen LogP contribution in [0.15, 0.2) is 54.6 Å². The fourth-order valence-electron chi connectivity index (χ4n) is 2.78. The summed E-state index contributed by atoms with van der Waals surface area (Å²) in [6.45, 7) is 1.16. The SMILES string of the molecule is CC1(c2ccccc2O)NC(=O)N(CC(=O)c2ccccc2)C1=O. The van der Waals surface area contributed by atoms with E-state index in [1.54, 1.807) is 48.5 Å². The van der Waals surface area contributed by atoms with Gasteiger partial charge in [0, 0.05) is 11.1 Å². The molecule has 1 atom stereocenters. The number of phenols is 1. The van der Waals surface area contributed by atoms with Gasteiger partial charge in [-0.25, -0.2) is 4.79 Å². The first kappa shape index (κ1) is 15.7. The second-order valence-corrected chi connectivity index (χ2v) is 5.75. The van der Waals surface area contributed by atoms with Gasteiger partial charge in [0.1, 0.15) is 11.3 Å². The summed E-state index contributed by atoms with van der Waals surface area (Å²) in [6.07, 6.45) is 0. The minimum atomic E-state index is -1.40. The minimum Gasteiger partial charge on any atom is -0.508 e. The second-order valence-electron chi connectivity index (χ2n) is 5.75. The van der Waals surface area contributed by atoms with Gasteiger partial charge in [-0.3, -0.25) is 14.5 Å². The summed E-state index contributed by atoms with van der Waals surface area (Å²) in [5.41, 5.74) is -0.688. The molecule has 0 aliphatic carbocycles. The van der Waals surface area contributed by atoms with Crippen LogP contribution < -0.4 is 5.32 Å². The van der Waals surface area contributed by atoms with E-state index in [0.717, 1.165) is 4.90 Å². The maximum Gasteiger partial charge on any atom is 0.325 e. The number of amides is 3. The maximum atomic E-state index is 12.7. The van der Waals surface area contributed by atoms with Crippen molar-refractivity contribution in [3.8, 4) is 5.75 Å². The number of nitrogens with one attached hydrogen (secondary N) is 1. The molecule has 6 nitrogen and oxygen atoms in total. The molecule has 122 valence electrons. The van der Waals surface area contributed by atoms with Crippen molar-refractivity contribution in [1.82, 2.24) is 10.2 Å². The van der Waals surface area contributed by atoms with Gasteiger partial charge in [-0.2, -0.15) is 0 Å². The first-order chi connectivity index (χ1) is 11.4. The van der Waals surface area contributed by atoms with Crippen molar-refractivity contribution in [2.45, 2.75) is 12.5 Å². The fourth-order valence-corrected chi connectivity index (χ4v) is 2.78. The highest BCUT2D eigenvalue weighted by Crippen LogP contribution is 2.34. The van der Waals surface area contributed by atoms with Gasteiger partial charge in [0.15, 0.2) is 5.78 Å². The molecule has 2 aromatic carbocycles. The van der Waals surface area contributed by atoms with E-state index in [1.807, 2.05) is 0 Å². The molecule has 0 radical (unpaired) electrons. The van der Waals surface area contributed by atoms with Crippen LogP contribution in [0.5, 0.6) is 5.75 Å². The lowest BCUT2D eigenvalue weighted by Crippen LogP contribution is -2.41. The average Bonchev–Trinajstić information content (AvgIpc) is 2.80. The van der Waals surface area contributed by atoms with Crippen molar-refractivity contribution in [2.24, 2.45) is 0 Å². The molecule has 3 rings (SSSR count). The number of benzene rings is 2. The number of hydrogen-bond acceptors (Lipinski definition) is 4. The molecular formula is C18H16N2O4. The standard InChI is InChI=1S/C18H16N2O4/c1-18(13-9-5-6-10-14(13)21)16(23)20(17(24)19-18)11-15(22)12-7-3-2-4-8-12/h2-10,21H,11H2,1H3,(H,19,24). The molecule has 1 fully saturated rings. The number of para-hydroxylation sites is 1. The van der Waals surface area contributed by atoms with E-state index in [-0.39, 0.29) is 23.6 Å². The van der Waals surface area contributed by atoms with Crippen molar-refractivity contribution < 1.29 is 19.5 Å². The Morgan fingerprint density at radius 3 is 2.38 bits per heavy atom. The van der Waals surface area contributed by atoms with Crippen LogP contribution >= 0.6 is 0 Å². The number of nitrogens with zero attached hydrogens (tertiary/aromatic N) is 1. The van der Waals surface area contributed by atoms with E-state index < -0.39 is 17.5 Å². The number of carbonyl (C=O) groups is 3. The van der Waals surface area contributed by atoms with Gasteiger partial charge in [0.2, 0.25) is 0 Å². The third-order valence-electron chi connectivity index (χ3n) is 4.12. The van der Waals surface area contributed by atoms with E-state index in [1.165, 1.54) is 13.0 Å². The Morgan fingerprint density at radius 1 is 1.08 bits per heavy atom. The lowest BCUT2D eigenvalue weighted by atomic mass is 9.91. The monoisotopic (exact) mass is 324 g/mol. The molecular weight excluding hydrogens is 308 g/mol. The molecule has 2 aromatic rings. The molecule has 0 spiro atoms. The fraction of sp³-hybridized carbons (Fsp3) is 0.167. The topological polar surface area (TPSA) is 86.7 Å². The second kappa shape index (κ2) is 5.81. The average molecular weight is 324 g/mol. The van der Waals surface area contributed by atoms with Crippen molar-refractivity contribution >= 4 is 17.7 Å². The molecule has 24 heavy (non-hydrogen) atoms. The lowest BCUT2D eigenvalue weighted by molar-refractivity contribution is -0.130. The van der Waals surface area contributed by atoms with Gasteiger partial charge in [-0.15, -0.1) is 0 Å². The van der Waals surface area contributed by atoms with Crippen LogP contribution in [-0.2, 0) is 10.3 Å². The zero-order valence-corrected chi connectivity index (χ0v) is 13.0. The summed E-state index contributed by atoms with van der Waals surface area (Å²) < 4.78 is 0. The number of urea groups is 1. The van der Waals surface area contributed by atoms with Gasteiger partial charge >= 0.3 is 6.03 Å². The molecule has 1 saturated heterocycles. The lowest BCUT2D eigenvalue weighted by Gasteiger charge is -2.23. The Balaban J connectivity index is 1.87. The quantitative estimate of drug-likeness (QED) is 0.665. The third-order valence-corrected chi connectivity index (χ3v) is 4.12. The summed E-state index contributed by atoms with van der Waals surface area (Å²) in [5.74, 6) is -0.996. The van der Waals surface area contributed by atoms with E-state index >= 15 is 0 Å². The number of rotatable bonds is 4. The highest BCUT2D eigenvalue weighted by Gasteiger charge is 2.50. The van der Waals surface area contributed by atoms with Gasteiger partial charge in [0.25, 0.3) is 5.91 Å². The van der Waals surface area contributed by atoms with Crippen molar-refractivity contribution in [3.63, 3.8) is 0 Å². The van der Waals surface area contributed by atoms with Gasteiger partial charge in [0.05, 0.1) is 6.54 Å². The Labute approximate surface area is 138 Å². The molecule has 1 aliphatic rings. The molecule has 0 aromatic heterocycles. The summed E-state index contributed by atoms with van der Waals surface area (Å²) in [4.78, 5) is 38.1. The number of phenolic OH excluding ortho intramolecular Hbond substituents is 1. The van der Waals surface area contributed by atoms with Crippen LogP contribution in [0.2, 0.25) is 0 Å². The van der Waals surface area contributed by atoms with Gasteiger partial charge < -0.3 is 10.4 Å². The largest absolute Gasteiger partial charge is 0.508 e. The first-order valence-corrected chi connectivity index (χ1v) is 7.44. The van der Waals surface area contributed by atoms with E-state index in [4.69, 9.17) is 0 Å². The van der Waals surface area contributed by atoms with Gasteiger partial charge in [-0.05, 0) is 13.0 Å². The summed E-state index contributed by atoms with van der Waals surface area (Å²) in [5, 5.41) is 12.6. The van der Waals surface area contributed by atoms with Crippen molar-refractivity contribution in [1.29, 1.82) is 0 Å². The van der Waals surface area contributed by atoms with Crippen LogP contribution in [0.3, 0.4) is 0 Å². The van der Waals surface area contributed by atoms with Crippen LogP contribution in [-0.4, -0.2) is 34.3 Å². The number of aromatic hydroxyl groups is 1. The zero-order chi connectivity index (χ0) is 17.3. The molecule has 3 amide bonds. The Morgan fingerprint density at radius 2 is 1.71 bits per heavy atom. The zero-order valence-electron chi connectivity index (χ0n) is 13.0. The summed E-state index contributed by atoms with van der Waals surface area (Å²) >= 11 is 0. The molecule has 0 bridgehead atoms. The molecule has 1 unspecified atom stereocenters. The van der Waals surface area contributed by atoms with E-state index in [2.05, 4.69) is 5.32 Å². The highest BCUT2D eigenvalue weighted by atomic mass is 16.3. The smallest absolute Gasteiger partial charge is 0.325 e. The summed E-state index contributed by atoms with van der Waals surface area (Å²) in [7, 11) is 0. The van der Waals surface area contributed by atoms with E-state index in [0.29, 0.717) is 5.56 Å². The van der Waals surface area contributed by atoms with Crippen LogP contribution in [0.1, 0.15) is 22.8 Å². The number of Topliss-reactive ketones (excluding diaryl/α,β-unsaturated/α-hetero) is 1. The predicted molar refractivity (Wildman–Crippen MR) is 86.5 cm³/mol. The number of carbonyl (C=O) groups excluding carboxylic acids is 3. The molecule has 0 saturated carbocycles. The molecule has 2 N–H and O–H groups in total. The number of hydrogen-bond donors (Lipinski definition) is 2. The molecule has 1 aliphatic heterocycles. The highest BCUT2D eigenvalue weighted by molar-refractivity contribution is 6.11. The van der Waals surface area contributed by atoms with Gasteiger partial charge in [-0.1, -0.05) is 48.5 Å². The Bertz CT molecular complexity index is 819. The maximum absolute atomic E-state index is 12.7. The number of imide groups is 1. The van der Waals surface area contributed by atoms with Crippen LogP contribution in [0.25, 0.3) is 0 Å². The third kappa shape index (κ3) is 2.52. The van der Waals surface area contributed by atoms with Crippen molar-refractivity contribution in [2.75, 3.05) is 6.54 Å². The van der Waals surface area contributed by atoms with Crippen LogP contribution in [0.4, 0.5) is 4.79 Å². The minimum absolute atomic E-state index is 0.0927. The van der Waals surface area contributed by atoms with Crippen LogP contribution in [0, 0.1) is 0 Å².